The largest absolute Gasteiger partial charge is 0.350 e. The predicted molar refractivity (Wildman–Crippen MR) is 94.7 cm³/mol. The fourth-order valence-corrected chi connectivity index (χ4v) is 3.59. The maximum Gasteiger partial charge on any atom is 0.226 e. The molecule has 2 amide bonds. The molecule has 3 heterocycles. The van der Waals surface area contributed by atoms with Crippen molar-refractivity contribution in [1.82, 2.24) is 25.0 Å². The second-order valence-corrected chi connectivity index (χ2v) is 7.26. The molecule has 1 aliphatic heterocycles. The Morgan fingerprint density at radius 3 is 2.85 bits per heavy atom. The number of hydrogen-bond donors (Lipinski definition) is 1. The molecule has 0 bridgehead atoms. The lowest BCUT2D eigenvalue weighted by Gasteiger charge is -2.34. The lowest BCUT2D eigenvalue weighted by Crippen LogP contribution is -2.43. The van der Waals surface area contributed by atoms with Gasteiger partial charge in [0.2, 0.25) is 11.8 Å². The van der Waals surface area contributed by atoms with E-state index in [-0.39, 0.29) is 23.8 Å². The topological polar surface area (TPSA) is 80.1 Å². The molecule has 2 aromatic rings. The number of nitrogens with one attached hydrogen (secondary N) is 1. The van der Waals surface area contributed by atoms with E-state index in [0.717, 1.165) is 17.8 Å². The van der Waals surface area contributed by atoms with Crippen molar-refractivity contribution in [3.63, 3.8) is 0 Å². The van der Waals surface area contributed by atoms with Crippen LogP contribution >= 0.6 is 0 Å². The molecule has 0 spiro atoms. The summed E-state index contributed by atoms with van der Waals surface area (Å²) in [6.45, 7) is 3.63. The van der Waals surface area contributed by atoms with Gasteiger partial charge in [-0.1, -0.05) is 13.0 Å². The number of amides is 2. The van der Waals surface area contributed by atoms with E-state index in [1.807, 2.05) is 33.8 Å². The Labute approximate surface area is 152 Å². The van der Waals surface area contributed by atoms with Gasteiger partial charge in [0.25, 0.3) is 0 Å². The van der Waals surface area contributed by atoms with Crippen molar-refractivity contribution in [1.29, 1.82) is 0 Å². The summed E-state index contributed by atoms with van der Waals surface area (Å²) >= 11 is 0. The highest BCUT2D eigenvalue weighted by Crippen LogP contribution is 2.40. The summed E-state index contributed by atoms with van der Waals surface area (Å²) in [7, 11) is 0. The Morgan fingerprint density at radius 2 is 2.12 bits per heavy atom. The fourth-order valence-electron chi connectivity index (χ4n) is 3.59. The Bertz CT molecular complexity index is 803. The van der Waals surface area contributed by atoms with Gasteiger partial charge in [0, 0.05) is 24.9 Å². The molecule has 7 nitrogen and oxygen atoms in total. The van der Waals surface area contributed by atoms with Crippen molar-refractivity contribution in [2.75, 3.05) is 6.54 Å². The molecule has 3 atom stereocenters. The van der Waals surface area contributed by atoms with E-state index in [1.165, 1.54) is 0 Å². The van der Waals surface area contributed by atoms with Crippen molar-refractivity contribution in [3.8, 4) is 0 Å². The van der Waals surface area contributed by atoms with Crippen LogP contribution < -0.4 is 5.32 Å². The summed E-state index contributed by atoms with van der Waals surface area (Å²) in [5.74, 6) is 0.789. The van der Waals surface area contributed by atoms with Crippen molar-refractivity contribution in [3.05, 3.63) is 48.0 Å². The van der Waals surface area contributed by atoms with E-state index >= 15 is 0 Å². The zero-order valence-corrected chi connectivity index (χ0v) is 14.8. The smallest absolute Gasteiger partial charge is 0.226 e. The predicted octanol–water partition coefficient (Wildman–Crippen LogP) is 1.52. The third kappa shape index (κ3) is 3.47. The minimum atomic E-state index is -0.129. The number of rotatable bonds is 5. The lowest BCUT2D eigenvalue weighted by molar-refractivity contribution is -0.136. The second-order valence-electron chi connectivity index (χ2n) is 7.26. The highest BCUT2D eigenvalue weighted by molar-refractivity contribution is 5.82. The number of aromatic nitrogens is 3. The van der Waals surface area contributed by atoms with Gasteiger partial charge in [-0.25, -0.2) is 0 Å². The first-order valence-electron chi connectivity index (χ1n) is 9.09. The Morgan fingerprint density at radius 1 is 1.27 bits per heavy atom. The van der Waals surface area contributed by atoms with Crippen LogP contribution in [-0.2, 0) is 22.7 Å². The third-order valence-corrected chi connectivity index (χ3v) is 5.23. The van der Waals surface area contributed by atoms with Crippen LogP contribution in [0.1, 0.15) is 37.2 Å². The summed E-state index contributed by atoms with van der Waals surface area (Å²) in [6.07, 6.45) is 4.72. The molecule has 3 unspecified atom stereocenters. The molecular weight excluding hydrogens is 330 g/mol. The van der Waals surface area contributed by atoms with Gasteiger partial charge in [0.1, 0.15) is 0 Å². The summed E-state index contributed by atoms with van der Waals surface area (Å²) < 4.78 is 1.89. The highest BCUT2D eigenvalue weighted by Gasteiger charge is 2.43. The summed E-state index contributed by atoms with van der Waals surface area (Å²) in [4.78, 5) is 31.1. The average Bonchev–Trinajstić information content (AvgIpc) is 3.18. The Hall–Kier alpha value is -2.70. The van der Waals surface area contributed by atoms with Gasteiger partial charge in [0.15, 0.2) is 0 Å². The Balaban J connectivity index is 1.40. The molecular formula is C19H23N5O2. The highest BCUT2D eigenvalue weighted by atomic mass is 16.2. The molecule has 2 aromatic heterocycles. The van der Waals surface area contributed by atoms with Crippen LogP contribution in [-0.4, -0.2) is 38.0 Å². The van der Waals surface area contributed by atoms with Gasteiger partial charge in [-0.2, -0.15) is 5.10 Å². The molecule has 1 aliphatic carbocycles. The van der Waals surface area contributed by atoms with Crippen LogP contribution in [0.3, 0.4) is 0 Å². The molecule has 26 heavy (non-hydrogen) atoms. The molecule has 1 fully saturated rings. The number of carbonyl (C=O) groups is 2. The molecule has 0 aromatic carbocycles. The maximum absolute atomic E-state index is 12.6. The van der Waals surface area contributed by atoms with E-state index in [1.54, 1.807) is 12.4 Å². The number of fused-ring (bicyclic) bond motifs is 1. The van der Waals surface area contributed by atoms with E-state index in [0.29, 0.717) is 32.0 Å². The summed E-state index contributed by atoms with van der Waals surface area (Å²) in [5, 5.41) is 7.27. The quantitative estimate of drug-likeness (QED) is 0.884. The molecule has 0 saturated heterocycles. The van der Waals surface area contributed by atoms with Crippen LogP contribution in [0.2, 0.25) is 0 Å². The van der Waals surface area contributed by atoms with Crippen LogP contribution in [0.4, 0.5) is 0 Å². The first kappa shape index (κ1) is 16.8. The van der Waals surface area contributed by atoms with E-state index in [2.05, 4.69) is 22.3 Å². The standard InChI is InChI=1S/C19H23N5O2/c1-13-8-17(13)19(26)23-11-15-5-7-22-24(15)16(12-23)9-18(25)21-10-14-4-2-3-6-20-14/h2-7,13,16-17H,8-12H2,1H3,(H,21,25). The van der Waals surface area contributed by atoms with Crippen molar-refractivity contribution < 1.29 is 9.59 Å². The normalized spacial score (nSPS) is 24.0. The molecule has 0 radical (unpaired) electrons. The molecule has 7 heteroatoms. The van der Waals surface area contributed by atoms with Crippen LogP contribution in [0.15, 0.2) is 36.7 Å². The molecule has 2 aliphatic rings. The first-order valence-corrected chi connectivity index (χ1v) is 9.09. The van der Waals surface area contributed by atoms with E-state index in [9.17, 15) is 9.59 Å². The lowest BCUT2D eigenvalue weighted by atomic mass is 10.1. The Kier molecular flexibility index (Phi) is 4.44. The molecule has 4 rings (SSSR count). The van der Waals surface area contributed by atoms with Crippen molar-refractivity contribution in [2.24, 2.45) is 11.8 Å². The van der Waals surface area contributed by atoms with Crippen LogP contribution in [0.25, 0.3) is 0 Å². The molecule has 1 saturated carbocycles. The van der Waals surface area contributed by atoms with Crippen molar-refractivity contribution in [2.45, 2.75) is 38.9 Å². The van der Waals surface area contributed by atoms with Gasteiger partial charge in [-0.05, 0) is 30.5 Å². The fraction of sp³-hybridized carbons (Fsp3) is 0.474. The summed E-state index contributed by atoms with van der Waals surface area (Å²) in [5.41, 5.74) is 1.81. The second kappa shape index (κ2) is 6.90. The van der Waals surface area contributed by atoms with Gasteiger partial charge < -0.3 is 10.2 Å². The van der Waals surface area contributed by atoms with E-state index in [4.69, 9.17) is 0 Å². The number of hydrogen-bond acceptors (Lipinski definition) is 4. The molecule has 136 valence electrons. The average molecular weight is 353 g/mol. The first-order chi connectivity index (χ1) is 12.6. The maximum atomic E-state index is 12.6. The number of nitrogens with zero attached hydrogens (tertiary/aromatic N) is 4. The minimum absolute atomic E-state index is 0.0591. The van der Waals surface area contributed by atoms with E-state index < -0.39 is 0 Å². The number of pyridine rings is 1. The van der Waals surface area contributed by atoms with Gasteiger partial charge in [-0.3, -0.25) is 19.3 Å². The zero-order chi connectivity index (χ0) is 18.1. The van der Waals surface area contributed by atoms with Gasteiger partial charge in [-0.15, -0.1) is 0 Å². The van der Waals surface area contributed by atoms with Crippen LogP contribution in [0.5, 0.6) is 0 Å². The SMILES string of the molecule is CC1CC1C(=O)N1Cc2ccnn2C(CC(=O)NCc2ccccn2)C1. The van der Waals surface area contributed by atoms with Crippen LogP contribution in [0, 0.1) is 11.8 Å². The number of carbonyl (C=O) groups excluding carboxylic acids is 2. The van der Waals surface area contributed by atoms with Gasteiger partial charge in [0.05, 0.1) is 36.9 Å². The molecule has 1 N–H and O–H groups in total. The summed E-state index contributed by atoms with van der Waals surface area (Å²) in [6, 6.07) is 7.42. The van der Waals surface area contributed by atoms with Crippen molar-refractivity contribution >= 4 is 11.8 Å². The minimum Gasteiger partial charge on any atom is -0.350 e. The third-order valence-electron chi connectivity index (χ3n) is 5.23. The van der Waals surface area contributed by atoms with Gasteiger partial charge >= 0.3 is 0 Å². The zero-order valence-electron chi connectivity index (χ0n) is 14.8. The monoisotopic (exact) mass is 353 g/mol.